The van der Waals surface area contributed by atoms with Gasteiger partial charge in [-0.3, -0.25) is 9.78 Å². The van der Waals surface area contributed by atoms with E-state index in [1.807, 2.05) is 11.0 Å². The summed E-state index contributed by atoms with van der Waals surface area (Å²) in [7, 11) is 0. The van der Waals surface area contributed by atoms with E-state index < -0.39 is 5.97 Å². The van der Waals surface area contributed by atoms with Crippen LogP contribution in [-0.2, 0) is 0 Å². The molecule has 0 unspecified atom stereocenters. The van der Waals surface area contributed by atoms with Crippen molar-refractivity contribution in [3.05, 3.63) is 53.7 Å². The summed E-state index contributed by atoms with van der Waals surface area (Å²) in [6.45, 7) is 1.60. The quantitative estimate of drug-likeness (QED) is 0.945. The van der Waals surface area contributed by atoms with E-state index in [1.165, 1.54) is 18.3 Å². The molecule has 1 amide bonds. The lowest BCUT2D eigenvalue weighted by atomic mass is 10.1. The summed E-state index contributed by atoms with van der Waals surface area (Å²) in [5.74, 6) is -0.971. The lowest BCUT2D eigenvalue weighted by Gasteiger charge is -2.15. The van der Waals surface area contributed by atoms with Crippen LogP contribution in [0.2, 0.25) is 0 Å². The minimum Gasteiger partial charge on any atom is -0.478 e. The highest BCUT2D eigenvalue weighted by Crippen LogP contribution is 2.21. The Bertz CT molecular complexity index is 721. The van der Waals surface area contributed by atoms with Crippen LogP contribution >= 0.6 is 0 Å². The second-order valence-electron chi connectivity index (χ2n) is 5.32. The smallest absolute Gasteiger partial charge is 0.335 e. The van der Waals surface area contributed by atoms with Gasteiger partial charge in [0.1, 0.15) is 0 Å². The van der Waals surface area contributed by atoms with Crippen molar-refractivity contribution in [2.45, 2.75) is 12.8 Å². The van der Waals surface area contributed by atoms with Crippen molar-refractivity contribution >= 4 is 11.9 Å². The van der Waals surface area contributed by atoms with Gasteiger partial charge in [0.05, 0.1) is 11.3 Å². The number of hydrogen-bond acceptors (Lipinski definition) is 3. The zero-order valence-electron chi connectivity index (χ0n) is 12.0. The molecule has 2 heterocycles. The van der Waals surface area contributed by atoms with E-state index in [4.69, 9.17) is 5.11 Å². The van der Waals surface area contributed by atoms with E-state index in [-0.39, 0.29) is 11.5 Å². The average Bonchev–Trinajstić information content (AvgIpc) is 3.09. The summed E-state index contributed by atoms with van der Waals surface area (Å²) in [6, 6.07) is 10.1. The molecule has 2 aromatic rings. The van der Waals surface area contributed by atoms with Crippen LogP contribution in [0.3, 0.4) is 0 Å². The van der Waals surface area contributed by atoms with Crippen molar-refractivity contribution in [3.63, 3.8) is 0 Å². The van der Waals surface area contributed by atoms with Crippen LogP contribution in [-0.4, -0.2) is 40.0 Å². The monoisotopic (exact) mass is 296 g/mol. The Balaban J connectivity index is 1.92. The number of aromatic carboxylic acids is 1. The van der Waals surface area contributed by atoms with Gasteiger partial charge < -0.3 is 10.0 Å². The Labute approximate surface area is 128 Å². The second-order valence-corrected chi connectivity index (χ2v) is 5.32. The van der Waals surface area contributed by atoms with Crippen molar-refractivity contribution < 1.29 is 14.7 Å². The number of carbonyl (C=O) groups excluding carboxylic acids is 1. The second kappa shape index (κ2) is 5.97. The molecule has 0 saturated carbocycles. The van der Waals surface area contributed by atoms with E-state index in [0.717, 1.165) is 31.5 Å². The van der Waals surface area contributed by atoms with E-state index >= 15 is 0 Å². The molecular formula is C17H16N2O3. The Morgan fingerprint density at radius 2 is 1.82 bits per heavy atom. The van der Waals surface area contributed by atoms with Crippen LogP contribution < -0.4 is 0 Å². The van der Waals surface area contributed by atoms with Gasteiger partial charge in [0.25, 0.3) is 5.91 Å². The zero-order valence-corrected chi connectivity index (χ0v) is 12.0. The van der Waals surface area contributed by atoms with Crippen LogP contribution in [0.4, 0.5) is 0 Å². The van der Waals surface area contributed by atoms with Crippen molar-refractivity contribution in [1.29, 1.82) is 0 Å². The summed E-state index contributed by atoms with van der Waals surface area (Å²) in [6.07, 6.45) is 3.56. The maximum Gasteiger partial charge on any atom is 0.335 e. The minimum atomic E-state index is -0.993. The summed E-state index contributed by atoms with van der Waals surface area (Å²) >= 11 is 0. The molecule has 0 bridgehead atoms. The molecule has 112 valence electrons. The van der Waals surface area contributed by atoms with Crippen molar-refractivity contribution in [3.8, 4) is 11.3 Å². The number of carboxylic acids is 1. The van der Waals surface area contributed by atoms with Crippen LogP contribution in [0.1, 0.15) is 33.6 Å². The first-order valence-electron chi connectivity index (χ1n) is 7.24. The Kier molecular flexibility index (Phi) is 3.87. The molecule has 0 radical (unpaired) electrons. The van der Waals surface area contributed by atoms with Gasteiger partial charge in [0.2, 0.25) is 0 Å². The normalized spacial score (nSPS) is 14.1. The molecule has 0 atom stereocenters. The van der Waals surface area contributed by atoms with Gasteiger partial charge in [-0.05, 0) is 37.1 Å². The van der Waals surface area contributed by atoms with E-state index in [0.29, 0.717) is 11.3 Å². The first-order valence-corrected chi connectivity index (χ1v) is 7.24. The number of pyridine rings is 1. The SMILES string of the molecule is O=C(O)c1ccnc(-c2cccc(C(=O)N3CCCC3)c2)c1. The predicted molar refractivity (Wildman–Crippen MR) is 81.8 cm³/mol. The predicted octanol–water partition coefficient (Wildman–Crippen LogP) is 2.68. The van der Waals surface area contributed by atoms with E-state index in [9.17, 15) is 9.59 Å². The standard InChI is InChI=1S/C17H16N2O3/c20-16(19-8-1-2-9-19)13-5-3-4-12(10-13)15-11-14(17(21)22)6-7-18-15/h3-7,10-11H,1-2,8-9H2,(H,21,22). The summed E-state index contributed by atoms with van der Waals surface area (Å²) < 4.78 is 0. The molecular weight excluding hydrogens is 280 g/mol. The summed E-state index contributed by atoms with van der Waals surface area (Å²) in [4.78, 5) is 29.5. The van der Waals surface area contributed by atoms with Crippen LogP contribution in [0.15, 0.2) is 42.6 Å². The van der Waals surface area contributed by atoms with Gasteiger partial charge in [0, 0.05) is 30.4 Å². The lowest BCUT2D eigenvalue weighted by Crippen LogP contribution is -2.27. The minimum absolute atomic E-state index is 0.0220. The Morgan fingerprint density at radius 3 is 2.55 bits per heavy atom. The number of rotatable bonds is 3. The molecule has 5 nitrogen and oxygen atoms in total. The van der Waals surface area contributed by atoms with Crippen LogP contribution in [0, 0.1) is 0 Å². The first kappa shape index (κ1) is 14.3. The highest BCUT2D eigenvalue weighted by Gasteiger charge is 2.19. The summed E-state index contributed by atoms with van der Waals surface area (Å²) in [5, 5.41) is 9.05. The highest BCUT2D eigenvalue weighted by atomic mass is 16.4. The molecule has 1 saturated heterocycles. The number of likely N-dealkylation sites (tertiary alicyclic amines) is 1. The van der Waals surface area contributed by atoms with Crippen LogP contribution in [0.25, 0.3) is 11.3 Å². The van der Waals surface area contributed by atoms with Crippen LogP contribution in [0.5, 0.6) is 0 Å². The van der Waals surface area contributed by atoms with E-state index in [2.05, 4.69) is 4.98 Å². The number of carboxylic acid groups (broad SMARTS) is 1. The molecule has 1 aliphatic rings. The van der Waals surface area contributed by atoms with E-state index in [1.54, 1.807) is 18.2 Å². The number of nitrogens with zero attached hydrogens (tertiary/aromatic N) is 2. The molecule has 1 aliphatic heterocycles. The molecule has 1 aromatic heterocycles. The molecule has 1 aromatic carbocycles. The van der Waals surface area contributed by atoms with Gasteiger partial charge in [-0.1, -0.05) is 12.1 Å². The number of hydrogen-bond donors (Lipinski definition) is 1. The third-order valence-corrected chi connectivity index (χ3v) is 3.81. The topological polar surface area (TPSA) is 70.5 Å². The Hall–Kier alpha value is -2.69. The van der Waals surface area contributed by atoms with Gasteiger partial charge in [0.15, 0.2) is 0 Å². The molecule has 22 heavy (non-hydrogen) atoms. The molecule has 3 rings (SSSR count). The fraction of sp³-hybridized carbons (Fsp3) is 0.235. The van der Waals surface area contributed by atoms with Crippen molar-refractivity contribution in [2.24, 2.45) is 0 Å². The van der Waals surface area contributed by atoms with Gasteiger partial charge in [-0.15, -0.1) is 0 Å². The largest absolute Gasteiger partial charge is 0.478 e. The Morgan fingerprint density at radius 1 is 1.05 bits per heavy atom. The highest BCUT2D eigenvalue weighted by molar-refractivity contribution is 5.95. The molecule has 0 spiro atoms. The number of aromatic nitrogens is 1. The van der Waals surface area contributed by atoms with Gasteiger partial charge >= 0.3 is 5.97 Å². The maximum absolute atomic E-state index is 12.4. The average molecular weight is 296 g/mol. The number of benzene rings is 1. The maximum atomic E-state index is 12.4. The van der Waals surface area contributed by atoms with Crippen molar-refractivity contribution in [2.75, 3.05) is 13.1 Å². The zero-order chi connectivity index (χ0) is 15.5. The summed E-state index contributed by atoms with van der Waals surface area (Å²) in [5.41, 5.74) is 2.09. The van der Waals surface area contributed by atoms with Gasteiger partial charge in [-0.2, -0.15) is 0 Å². The van der Waals surface area contributed by atoms with Crippen molar-refractivity contribution in [1.82, 2.24) is 9.88 Å². The first-order chi connectivity index (χ1) is 10.6. The fourth-order valence-electron chi connectivity index (χ4n) is 2.64. The third kappa shape index (κ3) is 2.83. The number of carbonyl (C=O) groups is 2. The number of amides is 1. The lowest BCUT2D eigenvalue weighted by molar-refractivity contribution is 0.0696. The molecule has 1 N–H and O–H groups in total. The fourth-order valence-corrected chi connectivity index (χ4v) is 2.64. The molecule has 1 fully saturated rings. The molecule has 5 heteroatoms. The van der Waals surface area contributed by atoms with Gasteiger partial charge in [-0.25, -0.2) is 4.79 Å². The third-order valence-electron chi connectivity index (χ3n) is 3.81. The molecule has 0 aliphatic carbocycles.